The maximum atomic E-state index is 8.73. The molecule has 0 fully saturated rings. The Kier molecular flexibility index (Phi) is 4.28. The van der Waals surface area contributed by atoms with Crippen LogP contribution in [0.2, 0.25) is 0 Å². The summed E-state index contributed by atoms with van der Waals surface area (Å²) in [5, 5.41) is 8.73. The summed E-state index contributed by atoms with van der Waals surface area (Å²) >= 11 is 0. The number of benzene rings is 1. The van der Waals surface area contributed by atoms with E-state index in [1.54, 1.807) is 14.2 Å². The van der Waals surface area contributed by atoms with Crippen LogP contribution in [-0.4, -0.2) is 27.3 Å². The van der Waals surface area contributed by atoms with E-state index in [2.05, 4.69) is 25.1 Å². The van der Waals surface area contributed by atoms with Crippen LogP contribution < -0.4 is 14.4 Å². The molecule has 2 rings (SSSR count). The van der Waals surface area contributed by atoms with Gasteiger partial charge in [0, 0.05) is 12.0 Å². The van der Waals surface area contributed by atoms with Gasteiger partial charge in [-0.2, -0.15) is 5.26 Å². The number of nitrogens with zero attached hydrogens (tertiary/aromatic N) is 1. The van der Waals surface area contributed by atoms with Crippen molar-refractivity contribution in [1.82, 2.24) is 0 Å². The Morgan fingerprint density at radius 3 is 2.63 bits per heavy atom. The molecular weight excluding hydrogens is 240 g/mol. The average molecular weight is 261 g/mol. The van der Waals surface area contributed by atoms with Gasteiger partial charge in [-0.3, -0.25) is 0 Å². The maximum Gasteiger partial charge on any atom is 0.161 e. The fourth-order valence-electron chi connectivity index (χ4n) is 2.85. The Hall–Kier alpha value is -1.73. The number of ether oxygens (including phenoxy) is 2. The predicted octanol–water partition coefficient (Wildman–Crippen LogP) is 1.12. The first-order chi connectivity index (χ1) is 9.21. The van der Waals surface area contributed by atoms with Crippen LogP contribution in [0.15, 0.2) is 12.1 Å². The molecule has 1 aromatic carbocycles. The molecule has 0 aliphatic carbocycles. The Bertz CT molecular complexity index is 494. The highest BCUT2D eigenvalue weighted by Crippen LogP contribution is 2.33. The Morgan fingerprint density at radius 1 is 1.32 bits per heavy atom. The number of hydrogen-bond donors (Lipinski definition) is 1. The molecule has 0 saturated carbocycles. The number of quaternary nitrogens is 1. The zero-order valence-electron chi connectivity index (χ0n) is 11.8. The van der Waals surface area contributed by atoms with Crippen molar-refractivity contribution in [3.63, 3.8) is 0 Å². The second-order valence-corrected chi connectivity index (χ2v) is 4.94. The Labute approximate surface area is 114 Å². The fourth-order valence-corrected chi connectivity index (χ4v) is 2.85. The average Bonchev–Trinajstić information content (AvgIpc) is 2.45. The van der Waals surface area contributed by atoms with Gasteiger partial charge in [0.25, 0.3) is 0 Å². The lowest BCUT2D eigenvalue weighted by molar-refractivity contribution is -0.931. The van der Waals surface area contributed by atoms with Gasteiger partial charge < -0.3 is 14.4 Å². The molecule has 2 atom stereocenters. The molecule has 0 radical (unpaired) electrons. The van der Waals surface area contributed by atoms with Crippen LogP contribution in [0, 0.1) is 11.3 Å². The van der Waals surface area contributed by atoms with Crippen LogP contribution in [-0.2, 0) is 6.42 Å². The van der Waals surface area contributed by atoms with E-state index in [1.807, 2.05) is 0 Å². The van der Waals surface area contributed by atoms with Crippen molar-refractivity contribution < 1.29 is 14.4 Å². The van der Waals surface area contributed by atoms with E-state index in [0.29, 0.717) is 12.5 Å². The van der Waals surface area contributed by atoms with Crippen LogP contribution in [0.5, 0.6) is 11.5 Å². The molecule has 0 amide bonds. The molecular formula is C15H21N2O2+. The number of rotatable bonds is 4. The highest BCUT2D eigenvalue weighted by molar-refractivity contribution is 5.48. The molecule has 0 saturated heterocycles. The largest absolute Gasteiger partial charge is 0.493 e. The van der Waals surface area contributed by atoms with Crippen LogP contribution in [0.1, 0.15) is 30.5 Å². The smallest absolute Gasteiger partial charge is 0.161 e. The van der Waals surface area contributed by atoms with Crippen molar-refractivity contribution >= 4 is 0 Å². The summed E-state index contributed by atoms with van der Waals surface area (Å²) in [5.74, 6) is 1.59. The molecule has 102 valence electrons. The molecule has 1 aliphatic rings. The zero-order chi connectivity index (χ0) is 13.8. The van der Waals surface area contributed by atoms with Gasteiger partial charge in [0.1, 0.15) is 6.04 Å². The van der Waals surface area contributed by atoms with Gasteiger partial charge >= 0.3 is 0 Å². The van der Waals surface area contributed by atoms with Crippen molar-refractivity contribution in [1.29, 1.82) is 5.26 Å². The molecule has 0 spiro atoms. The topological polar surface area (TPSA) is 46.7 Å². The number of nitrogens with one attached hydrogen (secondary N) is 1. The summed E-state index contributed by atoms with van der Waals surface area (Å²) in [4.78, 5) is 1.47. The molecule has 0 aromatic heterocycles. The number of methoxy groups -OCH3 is 2. The summed E-state index contributed by atoms with van der Waals surface area (Å²) in [7, 11) is 3.33. The van der Waals surface area contributed by atoms with E-state index < -0.39 is 0 Å². The number of hydrogen-bond acceptors (Lipinski definition) is 3. The molecule has 1 aromatic rings. The third-order valence-electron chi connectivity index (χ3n) is 4.00. The summed E-state index contributed by atoms with van der Waals surface area (Å²) in [6, 6.07) is 6.81. The normalized spacial score (nSPS) is 21.4. The van der Waals surface area contributed by atoms with E-state index in [-0.39, 0.29) is 0 Å². The molecule has 4 nitrogen and oxygen atoms in total. The van der Waals surface area contributed by atoms with E-state index in [1.165, 1.54) is 16.0 Å². The van der Waals surface area contributed by atoms with E-state index >= 15 is 0 Å². The van der Waals surface area contributed by atoms with Gasteiger partial charge in [-0.1, -0.05) is 0 Å². The molecule has 1 heterocycles. The number of nitriles is 1. The minimum Gasteiger partial charge on any atom is -0.493 e. The van der Waals surface area contributed by atoms with Crippen molar-refractivity contribution in [3.05, 3.63) is 23.3 Å². The van der Waals surface area contributed by atoms with Gasteiger partial charge in [0.2, 0.25) is 0 Å². The van der Waals surface area contributed by atoms with Gasteiger partial charge in [-0.25, -0.2) is 0 Å². The molecule has 1 N–H and O–H groups in total. The first-order valence-electron chi connectivity index (χ1n) is 6.67. The maximum absolute atomic E-state index is 8.73. The fraction of sp³-hybridized carbons (Fsp3) is 0.533. The highest BCUT2D eigenvalue weighted by Gasteiger charge is 2.28. The van der Waals surface area contributed by atoms with Crippen molar-refractivity contribution in [3.8, 4) is 17.6 Å². The van der Waals surface area contributed by atoms with Crippen LogP contribution in [0.25, 0.3) is 0 Å². The number of fused-ring (bicyclic) bond motifs is 1. The summed E-state index contributed by atoms with van der Waals surface area (Å²) in [5.41, 5.74) is 2.66. The van der Waals surface area contributed by atoms with E-state index in [9.17, 15) is 0 Å². The van der Waals surface area contributed by atoms with Crippen molar-refractivity contribution in [2.45, 2.75) is 25.8 Å². The standard InChI is InChI=1S/C15H20N2O2/c1-11-13-10-15(19-3)14(18-2)9-12(13)5-8-17(11)7-4-6-16/h9-11H,4-5,7-8H2,1-3H3/p+1/t11-/m0/s1. The lowest BCUT2D eigenvalue weighted by atomic mass is 9.92. The van der Waals surface area contributed by atoms with Gasteiger partial charge in [0.15, 0.2) is 11.5 Å². The van der Waals surface area contributed by atoms with Gasteiger partial charge in [-0.05, 0) is 24.6 Å². The summed E-state index contributed by atoms with van der Waals surface area (Å²) in [6.45, 7) is 4.20. The molecule has 1 aliphatic heterocycles. The Morgan fingerprint density at radius 2 is 2.00 bits per heavy atom. The first-order valence-corrected chi connectivity index (χ1v) is 6.67. The molecule has 19 heavy (non-hydrogen) atoms. The minimum atomic E-state index is 0.400. The van der Waals surface area contributed by atoms with Crippen LogP contribution in [0.4, 0.5) is 0 Å². The SMILES string of the molecule is COc1cc2c(cc1OC)[C@H](C)[NH+](CCC#N)CC2. The van der Waals surface area contributed by atoms with Gasteiger partial charge in [-0.15, -0.1) is 0 Å². The van der Waals surface area contributed by atoms with Crippen molar-refractivity contribution in [2.75, 3.05) is 27.3 Å². The lowest BCUT2D eigenvalue weighted by Gasteiger charge is -2.32. The second-order valence-electron chi connectivity index (χ2n) is 4.94. The molecule has 1 unspecified atom stereocenters. The third kappa shape index (κ3) is 2.66. The van der Waals surface area contributed by atoms with Crippen molar-refractivity contribution in [2.24, 2.45) is 0 Å². The minimum absolute atomic E-state index is 0.400. The zero-order valence-corrected chi connectivity index (χ0v) is 11.8. The third-order valence-corrected chi connectivity index (χ3v) is 4.00. The van der Waals surface area contributed by atoms with E-state index in [0.717, 1.165) is 31.0 Å². The van der Waals surface area contributed by atoms with Crippen LogP contribution in [0.3, 0.4) is 0 Å². The predicted molar refractivity (Wildman–Crippen MR) is 72.6 cm³/mol. The molecule has 0 bridgehead atoms. The monoisotopic (exact) mass is 261 g/mol. The van der Waals surface area contributed by atoms with E-state index in [4.69, 9.17) is 14.7 Å². The van der Waals surface area contributed by atoms with Gasteiger partial charge in [0.05, 0.1) is 39.8 Å². The lowest BCUT2D eigenvalue weighted by Crippen LogP contribution is -3.13. The highest BCUT2D eigenvalue weighted by atomic mass is 16.5. The van der Waals surface area contributed by atoms with Crippen LogP contribution >= 0.6 is 0 Å². The second kappa shape index (κ2) is 5.94. The summed E-state index contributed by atoms with van der Waals surface area (Å²) in [6.07, 6.45) is 1.64. The first kappa shape index (κ1) is 13.7. The quantitative estimate of drug-likeness (QED) is 0.883. The molecule has 4 heteroatoms. The summed E-state index contributed by atoms with van der Waals surface area (Å²) < 4.78 is 10.7. The Balaban J connectivity index is 2.30.